The van der Waals surface area contributed by atoms with E-state index < -0.39 is 0 Å². The third-order valence-electron chi connectivity index (χ3n) is 8.25. The van der Waals surface area contributed by atoms with Gasteiger partial charge in [-0.25, -0.2) is 0 Å². The minimum absolute atomic E-state index is 0. The molecule has 0 aromatic heterocycles. The third kappa shape index (κ3) is 20.9. The Balaban J connectivity index is 0.000000922. The summed E-state index contributed by atoms with van der Waals surface area (Å²) in [5, 5.41) is 19.2. The molecule has 0 saturated carbocycles. The topological polar surface area (TPSA) is 93.1 Å². The Hall–Kier alpha value is -3.02. The first-order chi connectivity index (χ1) is 23.1. The van der Waals surface area contributed by atoms with E-state index in [-0.39, 0.29) is 40.2 Å². The summed E-state index contributed by atoms with van der Waals surface area (Å²) in [4.78, 5) is 23.2. The van der Waals surface area contributed by atoms with Crippen LogP contribution in [0, 0.1) is 0 Å². The Morgan fingerprint density at radius 1 is 0.469 bits per heavy atom. The van der Waals surface area contributed by atoms with Crippen LogP contribution in [0.3, 0.4) is 0 Å². The molecule has 7 heteroatoms. The SMILES string of the molecule is CCCCCCCCCCOc1ccc(/C(C(C)=O)=C(\C)O)cc1.CCCCCCCCCCOc1ccc(/C(C(C)=O)=C(\C)O)cc1.[Cu]. The van der Waals surface area contributed by atoms with Crippen LogP contribution < -0.4 is 9.47 Å². The average molecular weight is 729 g/mol. The molecular formula is C42H64CuO6. The van der Waals surface area contributed by atoms with Crippen LogP contribution in [0.5, 0.6) is 11.5 Å². The second-order valence-corrected chi connectivity index (χ2v) is 12.7. The molecular weight excluding hydrogens is 664 g/mol. The second kappa shape index (κ2) is 28.8. The summed E-state index contributed by atoms with van der Waals surface area (Å²) in [5.74, 6) is 1.44. The van der Waals surface area contributed by atoms with Gasteiger partial charge in [0.1, 0.15) is 23.0 Å². The number of rotatable bonds is 24. The van der Waals surface area contributed by atoms with Crippen molar-refractivity contribution in [3.05, 3.63) is 71.2 Å². The number of aliphatic hydroxyl groups excluding tert-OH is 2. The molecule has 0 saturated heterocycles. The van der Waals surface area contributed by atoms with Gasteiger partial charge in [0.25, 0.3) is 0 Å². The number of ketones is 2. The molecule has 0 heterocycles. The molecule has 2 aromatic carbocycles. The Labute approximate surface area is 308 Å². The van der Waals surface area contributed by atoms with Gasteiger partial charge in [-0.1, -0.05) is 128 Å². The van der Waals surface area contributed by atoms with E-state index >= 15 is 0 Å². The molecule has 0 bridgehead atoms. The Morgan fingerprint density at radius 3 is 0.980 bits per heavy atom. The summed E-state index contributed by atoms with van der Waals surface area (Å²) in [5.41, 5.74) is 2.18. The van der Waals surface area contributed by atoms with Crippen LogP contribution in [0.25, 0.3) is 11.1 Å². The van der Waals surface area contributed by atoms with Crippen molar-refractivity contribution in [3.8, 4) is 11.5 Å². The summed E-state index contributed by atoms with van der Waals surface area (Å²) in [6.07, 6.45) is 20.6. The van der Waals surface area contributed by atoms with Gasteiger partial charge in [0, 0.05) is 17.1 Å². The van der Waals surface area contributed by atoms with Crippen molar-refractivity contribution in [1.82, 2.24) is 0 Å². The van der Waals surface area contributed by atoms with E-state index in [1.165, 1.54) is 118 Å². The molecule has 2 N–H and O–H groups in total. The molecule has 0 aliphatic carbocycles. The van der Waals surface area contributed by atoms with E-state index in [4.69, 9.17) is 9.47 Å². The maximum Gasteiger partial charge on any atom is 0.163 e. The molecule has 279 valence electrons. The van der Waals surface area contributed by atoms with Crippen LogP contribution in [0.4, 0.5) is 0 Å². The third-order valence-corrected chi connectivity index (χ3v) is 8.25. The zero-order valence-electron chi connectivity index (χ0n) is 31.2. The van der Waals surface area contributed by atoms with Gasteiger partial charge in [0.15, 0.2) is 11.6 Å². The number of Topliss-reactive ketones (excluding diaryl/α,β-unsaturated/α-hetero) is 2. The Bertz CT molecular complexity index is 1130. The fourth-order valence-corrected chi connectivity index (χ4v) is 5.62. The molecule has 2 rings (SSSR count). The minimum Gasteiger partial charge on any atom is -0.512 e. The summed E-state index contributed by atoms with van der Waals surface area (Å²) >= 11 is 0. The van der Waals surface area contributed by atoms with E-state index in [9.17, 15) is 19.8 Å². The van der Waals surface area contributed by atoms with E-state index in [2.05, 4.69) is 13.8 Å². The number of ether oxygens (including phenoxy) is 2. The van der Waals surface area contributed by atoms with E-state index in [0.717, 1.165) is 48.7 Å². The van der Waals surface area contributed by atoms with Crippen LogP contribution in [0.2, 0.25) is 0 Å². The van der Waals surface area contributed by atoms with E-state index in [1.807, 2.05) is 48.5 Å². The van der Waals surface area contributed by atoms with Gasteiger partial charge in [-0.05, 0) is 75.9 Å². The van der Waals surface area contributed by atoms with Gasteiger partial charge in [-0.3, -0.25) is 9.59 Å². The van der Waals surface area contributed by atoms with Crippen molar-refractivity contribution < 1.29 is 46.3 Å². The second-order valence-electron chi connectivity index (χ2n) is 12.7. The molecule has 0 spiro atoms. The molecule has 0 aliphatic rings. The van der Waals surface area contributed by atoms with Gasteiger partial charge in [-0.15, -0.1) is 0 Å². The van der Waals surface area contributed by atoms with Crippen molar-refractivity contribution in [2.24, 2.45) is 0 Å². The van der Waals surface area contributed by atoms with E-state index in [0.29, 0.717) is 11.1 Å². The number of benzene rings is 2. The van der Waals surface area contributed by atoms with E-state index in [1.54, 1.807) is 0 Å². The number of hydrogen-bond donors (Lipinski definition) is 2. The van der Waals surface area contributed by atoms with Gasteiger partial charge < -0.3 is 19.7 Å². The first-order valence-corrected chi connectivity index (χ1v) is 18.4. The number of hydrogen-bond acceptors (Lipinski definition) is 6. The van der Waals surface area contributed by atoms with Gasteiger partial charge in [-0.2, -0.15) is 0 Å². The van der Waals surface area contributed by atoms with Crippen molar-refractivity contribution in [2.45, 2.75) is 144 Å². The number of unbranched alkanes of at least 4 members (excludes halogenated alkanes) is 14. The van der Waals surface area contributed by atoms with Crippen LogP contribution in [-0.4, -0.2) is 35.0 Å². The smallest absolute Gasteiger partial charge is 0.163 e. The molecule has 1 radical (unpaired) electrons. The molecule has 6 nitrogen and oxygen atoms in total. The average Bonchev–Trinajstić information content (AvgIpc) is 3.04. The normalized spacial score (nSPS) is 11.7. The summed E-state index contributed by atoms with van der Waals surface area (Å²) in [6.45, 7) is 11.9. The Kier molecular flexibility index (Phi) is 27.0. The van der Waals surface area contributed by atoms with Gasteiger partial charge >= 0.3 is 0 Å². The van der Waals surface area contributed by atoms with Crippen molar-refractivity contribution in [2.75, 3.05) is 13.2 Å². The van der Waals surface area contributed by atoms with Crippen LogP contribution >= 0.6 is 0 Å². The first kappa shape index (κ1) is 46.0. The largest absolute Gasteiger partial charge is 0.512 e. The number of carbonyl (C=O) groups excluding carboxylic acids is 2. The van der Waals surface area contributed by atoms with Crippen molar-refractivity contribution >= 4 is 22.7 Å². The molecule has 0 atom stereocenters. The zero-order chi connectivity index (χ0) is 35.6. The zero-order valence-corrected chi connectivity index (χ0v) is 32.1. The van der Waals surface area contributed by atoms with Gasteiger partial charge in [0.05, 0.1) is 24.4 Å². The molecule has 2 aromatic rings. The molecule has 49 heavy (non-hydrogen) atoms. The van der Waals surface area contributed by atoms with Gasteiger partial charge in [0.2, 0.25) is 0 Å². The van der Waals surface area contributed by atoms with Crippen LogP contribution in [0.15, 0.2) is 60.0 Å². The monoisotopic (exact) mass is 727 g/mol. The standard InChI is InChI=1S/2C21H32O3.Cu/c2*1-4-5-6-7-8-9-10-11-16-24-20-14-12-19(13-15-20)21(17(2)22)18(3)23;/h2*12-15,22H,4-11,16H2,1-3H3;/b2*21-17+;. The number of allylic oxidation sites excluding steroid dienone is 4. The number of carbonyl (C=O) groups is 2. The number of aliphatic hydroxyl groups is 2. The quantitative estimate of drug-likeness (QED) is 0.0484. The molecule has 0 amide bonds. The predicted octanol–water partition coefficient (Wildman–Crippen LogP) is 12.2. The molecule has 0 aliphatic heterocycles. The fraction of sp³-hybridized carbons (Fsp3) is 0.571. The van der Waals surface area contributed by atoms with Crippen molar-refractivity contribution in [3.63, 3.8) is 0 Å². The van der Waals surface area contributed by atoms with Crippen LogP contribution in [-0.2, 0) is 26.7 Å². The summed E-state index contributed by atoms with van der Waals surface area (Å²) in [6, 6.07) is 14.7. The molecule has 0 unspecified atom stereocenters. The first-order valence-electron chi connectivity index (χ1n) is 18.4. The molecule has 0 fully saturated rings. The minimum atomic E-state index is -0.136. The summed E-state index contributed by atoms with van der Waals surface area (Å²) < 4.78 is 11.5. The van der Waals surface area contributed by atoms with Crippen molar-refractivity contribution in [1.29, 1.82) is 0 Å². The Morgan fingerprint density at radius 2 is 0.735 bits per heavy atom. The maximum absolute atomic E-state index is 11.6. The maximum atomic E-state index is 11.6. The predicted molar refractivity (Wildman–Crippen MR) is 201 cm³/mol. The fourth-order valence-electron chi connectivity index (χ4n) is 5.62. The van der Waals surface area contributed by atoms with Crippen LogP contribution in [0.1, 0.15) is 155 Å². The summed E-state index contributed by atoms with van der Waals surface area (Å²) in [7, 11) is 0.